The van der Waals surface area contributed by atoms with Crippen molar-refractivity contribution in [2.75, 3.05) is 11.9 Å². The van der Waals surface area contributed by atoms with Gasteiger partial charge in [-0.25, -0.2) is 22.0 Å². The van der Waals surface area contributed by atoms with Crippen LogP contribution < -0.4 is 11.1 Å². The molecule has 0 radical (unpaired) electrons. The Morgan fingerprint density at radius 3 is 2.00 bits per heavy atom. The molecule has 0 aromatic heterocycles. The van der Waals surface area contributed by atoms with Crippen molar-refractivity contribution < 1.29 is 22.0 Å². The summed E-state index contributed by atoms with van der Waals surface area (Å²) in [5.41, 5.74) is 3.85. The summed E-state index contributed by atoms with van der Waals surface area (Å²) in [4.78, 5) is 0. The van der Waals surface area contributed by atoms with E-state index in [0.717, 1.165) is 19.3 Å². The zero-order chi connectivity index (χ0) is 15.8. The van der Waals surface area contributed by atoms with Gasteiger partial charge in [0.1, 0.15) is 5.69 Å². The van der Waals surface area contributed by atoms with Crippen LogP contribution in [-0.2, 0) is 0 Å². The summed E-state index contributed by atoms with van der Waals surface area (Å²) in [6.07, 6.45) is 3.02. The number of anilines is 1. The van der Waals surface area contributed by atoms with Crippen LogP contribution in [0.1, 0.15) is 32.6 Å². The second-order valence-electron chi connectivity index (χ2n) is 5.58. The van der Waals surface area contributed by atoms with Gasteiger partial charge in [-0.2, -0.15) is 0 Å². The maximum absolute atomic E-state index is 13.8. The highest BCUT2D eigenvalue weighted by Gasteiger charge is 2.39. The predicted octanol–water partition coefficient (Wildman–Crippen LogP) is 3.70. The number of benzene rings is 1. The van der Waals surface area contributed by atoms with Gasteiger partial charge < -0.3 is 11.1 Å². The molecule has 1 aliphatic carbocycles. The summed E-state index contributed by atoms with van der Waals surface area (Å²) in [6.45, 7) is 1.90. The Bertz CT molecular complexity index is 520. The molecule has 2 rings (SSSR count). The molecule has 1 saturated carbocycles. The van der Waals surface area contributed by atoms with Crippen LogP contribution in [0.2, 0.25) is 0 Å². The largest absolute Gasteiger partial charge is 0.373 e. The highest BCUT2D eigenvalue weighted by Crippen LogP contribution is 2.38. The van der Waals surface area contributed by atoms with Gasteiger partial charge in [-0.15, -0.1) is 0 Å². The minimum atomic E-state index is -2.16. The first-order valence-electron chi connectivity index (χ1n) is 6.83. The highest BCUT2D eigenvalue weighted by atomic mass is 19.2. The minimum Gasteiger partial charge on any atom is -0.373 e. The van der Waals surface area contributed by atoms with E-state index in [1.54, 1.807) is 0 Å². The number of hydrogen-bond donors (Lipinski definition) is 2. The predicted molar refractivity (Wildman–Crippen MR) is 69.3 cm³/mol. The standard InChI is InChI=1S/C14H17F5N2/c1-7-4-2-3-5-14(7,6-20)21-13-11(18)9(16)8(15)10(17)12(13)19/h7,21H,2-6,20H2,1H3. The molecule has 2 atom stereocenters. The molecule has 0 spiro atoms. The van der Waals surface area contributed by atoms with Crippen molar-refractivity contribution in [1.82, 2.24) is 0 Å². The molecule has 1 aromatic carbocycles. The number of rotatable bonds is 3. The monoisotopic (exact) mass is 308 g/mol. The number of nitrogens with two attached hydrogens (primary N) is 1. The van der Waals surface area contributed by atoms with Crippen LogP contribution in [0.25, 0.3) is 0 Å². The second kappa shape index (κ2) is 5.79. The first-order chi connectivity index (χ1) is 9.84. The van der Waals surface area contributed by atoms with Crippen molar-refractivity contribution in [3.63, 3.8) is 0 Å². The summed E-state index contributed by atoms with van der Waals surface area (Å²) in [5.74, 6) is -9.80. The lowest BCUT2D eigenvalue weighted by Crippen LogP contribution is -2.52. The molecular formula is C14H17F5N2. The Hall–Kier alpha value is -1.37. The molecule has 21 heavy (non-hydrogen) atoms. The third-order valence-electron chi connectivity index (χ3n) is 4.40. The molecule has 3 N–H and O–H groups in total. The van der Waals surface area contributed by atoms with E-state index >= 15 is 0 Å². The quantitative estimate of drug-likeness (QED) is 0.507. The van der Waals surface area contributed by atoms with Gasteiger partial charge in [-0.05, 0) is 18.8 Å². The van der Waals surface area contributed by atoms with Crippen molar-refractivity contribution >= 4 is 5.69 Å². The van der Waals surface area contributed by atoms with Gasteiger partial charge in [0.25, 0.3) is 0 Å². The van der Waals surface area contributed by atoms with Crippen molar-refractivity contribution in [2.24, 2.45) is 11.7 Å². The van der Waals surface area contributed by atoms with Crippen LogP contribution in [0.3, 0.4) is 0 Å². The fourth-order valence-corrected chi connectivity index (χ4v) is 2.92. The number of nitrogens with one attached hydrogen (secondary N) is 1. The zero-order valence-electron chi connectivity index (χ0n) is 11.6. The molecule has 1 fully saturated rings. The SMILES string of the molecule is CC1CCCCC1(CN)Nc1c(F)c(F)c(F)c(F)c1F. The molecule has 118 valence electrons. The van der Waals surface area contributed by atoms with Crippen LogP contribution in [0.15, 0.2) is 0 Å². The Labute approximate surface area is 119 Å². The molecule has 2 unspecified atom stereocenters. The summed E-state index contributed by atoms with van der Waals surface area (Å²) in [6, 6.07) is 0. The molecule has 7 heteroatoms. The summed E-state index contributed by atoms with van der Waals surface area (Å²) in [5, 5.41) is 2.52. The van der Waals surface area contributed by atoms with Crippen LogP contribution in [0.4, 0.5) is 27.6 Å². The van der Waals surface area contributed by atoms with Crippen LogP contribution in [0.5, 0.6) is 0 Å². The van der Waals surface area contributed by atoms with Crippen LogP contribution >= 0.6 is 0 Å². The van der Waals surface area contributed by atoms with E-state index in [0.29, 0.717) is 6.42 Å². The lowest BCUT2D eigenvalue weighted by Gasteiger charge is -2.43. The summed E-state index contributed by atoms with van der Waals surface area (Å²) < 4.78 is 67.1. The maximum atomic E-state index is 13.8. The molecule has 0 bridgehead atoms. The highest BCUT2D eigenvalue weighted by molar-refractivity contribution is 5.50. The fourth-order valence-electron chi connectivity index (χ4n) is 2.92. The van der Waals surface area contributed by atoms with E-state index in [1.165, 1.54) is 0 Å². The van der Waals surface area contributed by atoms with Gasteiger partial charge in [0.05, 0.1) is 5.54 Å². The fraction of sp³-hybridized carbons (Fsp3) is 0.571. The smallest absolute Gasteiger partial charge is 0.200 e. The topological polar surface area (TPSA) is 38.0 Å². The van der Waals surface area contributed by atoms with Crippen molar-refractivity contribution in [3.8, 4) is 0 Å². The van der Waals surface area contributed by atoms with E-state index in [2.05, 4.69) is 5.32 Å². The molecule has 0 amide bonds. The van der Waals surface area contributed by atoms with E-state index in [-0.39, 0.29) is 12.5 Å². The summed E-state index contributed by atoms with van der Waals surface area (Å²) >= 11 is 0. The van der Waals surface area contributed by atoms with Crippen molar-refractivity contribution in [1.29, 1.82) is 0 Å². The van der Waals surface area contributed by atoms with E-state index in [1.807, 2.05) is 6.92 Å². The van der Waals surface area contributed by atoms with Gasteiger partial charge >= 0.3 is 0 Å². The average Bonchev–Trinajstić information content (AvgIpc) is 2.49. The first-order valence-corrected chi connectivity index (χ1v) is 6.83. The first kappa shape index (κ1) is 16.0. The lowest BCUT2D eigenvalue weighted by atomic mass is 9.73. The van der Waals surface area contributed by atoms with Crippen molar-refractivity contribution in [2.45, 2.75) is 38.1 Å². The van der Waals surface area contributed by atoms with E-state index < -0.39 is 40.3 Å². The Morgan fingerprint density at radius 1 is 1.00 bits per heavy atom. The Kier molecular flexibility index (Phi) is 4.41. The summed E-state index contributed by atoms with van der Waals surface area (Å²) in [7, 11) is 0. The molecule has 1 aromatic rings. The average molecular weight is 308 g/mol. The molecule has 2 nitrogen and oxygen atoms in total. The second-order valence-corrected chi connectivity index (χ2v) is 5.58. The third kappa shape index (κ3) is 2.59. The zero-order valence-corrected chi connectivity index (χ0v) is 11.6. The Morgan fingerprint density at radius 2 is 1.52 bits per heavy atom. The van der Waals surface area contributed by atoms with E-state index in [9.17, 15) is 22.0 Å². The normalized spacial score (nSPS) is 26.0. The van der Waals surface area contributed by atoms with Crippen LogP contribution in [-0.4, -0.2) is 12.1 Å². The lowest BCUT2D eigenvalue weighted by molar-refractivity contribution is 0.233. The Balaban J connectivity index is 2.47. The minimum absolute atomic E-state index is 0.0359. The molecule has 0 heterocycles. The number of halogens is 5. The van der Waals surface area contributed by atoms with Gasteiger partial charge in [0.2, 0.25) is 5.82 Å². The van der Waals surface area contributed by atoms with E-state index in [4.69, 9.17) is 5.73 Å². The molecular weight excluding hydrogens is 291 g/mol. The van der Waals surface area contributed by atoms with Crippen LogP contribution in [0, 0.1) is 35.0 Å². The molecule has 0 saturated heterocycles. The van der Waals surface area contributed by atoms with Crippen molar-refractivity contribution in [3.05, 3.63) is 29.1 Å². The van der Waals surface area contributed by atoms with Gasteiger partial charge in [0, 0.05) is 6.54 Å². The van der Waals surface area contributed by atoms with Gasteiger partial charge in [-0.1, -0.05) is 19.8 Å². The molecule has 1 aliphatic rings. The third-order valence-corrected chi connectivity index (χ3v) is 4.40. The molecule has 0 aliphatic heterocycles. The van der Waals surface area contributed by atoms with Gasteiger partial charge in [0.15, 0.2) is 23.3 Å². The number of hydrogen-bond acceptors (Lipinski definition) is 2. The van der Waals surface area contributed by atoms with Gasteiger partial charge in [-0.3, -0.25) is 0 Å². The maximum Gasteiger partial charge on any atom is 0.200 e.